The van der Waals surface area contributed by atoms with Gasteiger partial charge >= 0.3 is 0 Å². The third-order valence-corrected chi connectivity index (χ3v) is 7.74. The van der Waals surface area contributed by atoms with Crippen molar-refractivity contribution in [3.63, 3.8) is 0 Å². The van der Waals surface area contributed by atoms with Gasteiger partial charge in [-0.1, -0.05) is 34.6 Å². The molecule has 0 aliphatic heterocycles. The summed E-state index contributed by atoms with van der Waals surface area (Å²) in [5, 5.41) is 2.31. The van der Waals surface area contributed by atoms with Gasteiger partial charge in [0.1, 0.15) is 11.5 Å². The topological polar surface area (TPSA) is 29.7 Å². The van der Waals surface area contributed by atoms with Crippen LogP contribution in [0.2, 0.25) is 0 Å². The molecule has 3 aromatic rings. The molecule has 0 spiro atoms. The van der Waals surface area contributed by atoms with E-state index >= 15 is 0 Å². The zero-order valence-electron chi connectivity index (χ0n) is 17.4. The molecule has 6 heteroatoms. The van der Waals surface area contributed by atoms with Crippen LogP contribution < -0.4 is 3.96 Å². The fraction of sp³-hybridized carbons (Fsp3) is 0.571. The molecule has 0 amide bonds. The van der Waals surface area contributed by atoms with Crippen molar-refractivity contribution < 1.29 is 3.96 Å². The van der Waals surface area contributed by atoms with E-state index in [9.17, 15) is 0 Å². The predicted octanol–water partition coefficient (Wildman–Crippen LogP) is 5.74. The Labute approximate surface area is 175 Å². The van der Waals surface area contributed by atoms with Gasteiger partial charge in [0.15, 0.2) is 12.7 Å². The van der Waals surface area contributed by atoms with Crippen LogP contribution in [0, 0.1) is 0 Å². The molecule has 27 heavy (non-hydrogen) atoms. The minimum atomic E-state index is 0.0946. The van der Waals surface area contributed by atoms with Crippen LogP contribution >= 0.6 is 34.6 Å². The van der Waals surface area contributed by atoms with Crippen LogP contribution in [0.3, 0.4) is 0 Å². The quantitative estimate of drug-likeness (QED) is 0.476. The maximum atomic E-state index is 4.68. The molecule has 0 saturated carbocycles. The molecule has 0 N–H and O–H groups in total. The van der Waals surface area contributed by atoms with E-state index in [0.29, 0.717) is 0 Å². The first-order valence-electron chi connectivity index (χ1n) is 9.34. The average molecular weight is 421 g/mol. The molecule has 0 aromatic carbocycles. The minimum Gasteiger partial charge on any atom is -0.201 e. The van der Waals surface area contributed by atoms with Gasteiger partial charge in [0, 0.05) is 32.3 Å². The van der Waals surface area contributed by atoms with Crippen molar-refractivity contribution >= 4 is 34.6 Å². The molecular weight excluding hydrogens is 390 g/mol. The van der Waals surface area contributed by atoms with E-state index in [1.807, 2.05) is 17.7 Å². The number of rotatable bonds is 6. The molecule has 0 unspecified atom stereocenters. The molecule has 3 rings (SSSR count). The zero-order valence-corrected chi connectivity index (χ0v) is 19.8. The number of aromatic nitrogens is 3. The van der Waals surface area contributed by atoms with Gasteiger partial charge in [-0.3, -0.25) is 0 Å². The van der Waals surface area contributed by atoms with Gasteiger partial charge in [-0.05, 0) is 55.5 Å². The Morgan fingerprint density at radius 1 is 1.00 bits per heavy atom. The van der Waals surface area contributed by atoms with Gasteiger partial charge < -0.3 is 0 Å². The molecule has 3 nitrogen and oxygen atoms in total. The summed E-state index contributed by atoms with van der Waals surface area (Å²) < 4.78 is 11.3. The molecule has 3 heterocycles. The van der Waals surface area contributed by atoms with Crippen molar-refractivity contribution in [1.82, 2.24) is 8.75 Å². The maximum absolute atomic E-state index is 4.68. The summed E-state index contributed by atoms with van der Waals surface area (Å²) >= 11 is 5.07. The van der Waals surface area contributed by atoms with E-state index in [4.69, 9.17) is 0 Å². The highest BCUT2D eigenvalue weighted by molar-refractivity contribution is 7.06. The Morgan fingerprint density at radius 2 is 1.74 bits per heavy atom. The van der Waals surface area contributed by atoms with Crippen molar-refractivity contribution in [2.45, 2.75) is 77.7 Å². The Balaban J connectivity index is 1.73. The smallest absolute Gasteiger partial charge is 0.187 e. The molecule has 0 saturated heterocycles. The molecule has 0 fully saturated rings. The number of nitrogens with zero attached hydrogens (tertiary/aromatic N) is 3. The minimum absolute atomic E-state index is 0.0946. The Hall–Kier alpha value is -1.11. The third-order valence-electron chi connectivity index (χ3n) is 4.98. The van der Waals surface area contributed by atoms with E-state index in [2.05, 4.69) is 84.9 Å². The van der Waals surface area contributed by atoms with E-state index in [1.54, 1.807) is 23.1 Å². The van der Waals surface area contributed by atoms with Crippen molar-refractivity contribution in [2.75, 3.05) is 0 Å². The highest BCUT2D eigenvalue weighted by atomic mass is 32.1. The van der Waals surface area contributed by atoms with Crippen LogP contribution in [0.25, 0.3) is 0 Å². The molecular formula is C21H30N3S3+. The number of hydrogen-bond acceptors (Lipinski definition) is 5. The van der Waals surface area contributed by atoms with Crippen molar-refractivity contribution in [2.24, 2.45) is 0 Å². The van der Waals surface area contributed by atoms with Crippen LogP contribution in [0.4, 0.5) is 0 Å². The molecule has 146 valence electrons. The lowest BCUT2D eigenvalue weighted by atomic mass is 9.82. The second kappa shape index (κ2) is 7.37. The molecule has 0 radical (unpaired) electrons. The summed E-state index contributed by atoms with van der Waals surface area (Å²) in [6.07, 6.45) is 5.26. The maximum Gasteiger partial charge on any atom is 0.187 e. The summed E-state index contributed by atoms with van der Waals surface area (Å²) in [6, 6.07) is 4.43. The molecule has 0 aliphatic rings. The summed E-state index contributed by atoms with van der Waals surface area (Å²) in [6.45, 7) is 16.9. The fourth-order valence-corrected chi connectivity index (χ4v) is 6.08. The molecule has 0 bridgehead atoms. The first kappa shape index (κ1) is 20.6. The Kier molecular flexibility index (Phi) is 5.63. The van der Waals surface area contributed by atoms with Gasteiger partial charge in [-0.15, -0.1) is 3.96 Å². The summed E-state index contributed by atoms with van der Waals surface area (Å²) in [5.74, 6) is 0. The SMILES string of the molecule is CC(C)(C)c1cc(CC(C)(C)c2cs[n+](CC(C)(C)c3ccns3)c2)sn1. The lowest BCUT2D eigenvalue weighted by molar-refractivity contribution is -0.637. The average Bonchev–Trinajstić information content (AvgIpc) is 3.27. The van der Waals surface area contributed by atoms with Crippen molar-refractivity contribution in [3.8, 4) is 0 Å². The van der Waals surface area contributed by atoms with Crippen molar-refractivity contribution in [3.05, 3.63) is 50.9 Å². The lowest BCUT2D eigenvalue weighted by Crippen LogP contribution is -2.39. The van der Waals surface area contributed by atoms with E-state index in [1.165, 1.54) is 21.0 Å². The van der Waals surface area contributed by atoms with Gasteiger partial charge in [0.25, 0.3) is 0 Å². The molecule has 0 atom stereocenters. The summed E-state index contributed by atoms with van der Waals surface area (Å²) in [4.78, 5) is 2.70. The van der Waals surface area contributed by atoms with Gasteiger partial charge in [0.05, 0.1) is 16.5 Å². The predicted molar refractivity (Wildman–Crippen MR) is 117 cm³/mol. The van der Waals surface area contributed by atoms with Crippen LogP contribution in [-0.4, -0.2) is 8.75 Å². The largest absolute Gasteiger partial charge is 0.201 e. The third kappa shape index (κ3) is 4.84. The monoisotopic (exact) mass is 420 g/mol. The normalized spacial score (nSPS) is 13.3. The van der Waals surface area contributed by atoms with E-state index < -0.39 is 0 Å². The summed E-state index contributed by atoms with van der Waals surface area (Å²) in [5.41, 5.74) is 2.91. The zero-order chi connectivity index (χ0) is 19.9. The highest BCUT2D eigenvalue weighted by Gasteiger charge is 2.32. The second-order valence-corrected chi connectivity index (χ2v) is 12.3. The van der Waals surface area contributed by atoms with Gasteiger partial charge in [-0.2, -0.15) is 4.37 Å². The Bertz CT molecular complexity index is 880. The first-order chi connectivity index (χ1) is 12.5. The van der Waals surface area contributed by atoms with Crippen LogP contribution in [0.5, 0.6) is 0 Å². The van der Waals surface area contributed by atoms with Crippen molar-refractivity contribution in [1.29, 1.82) is 0 Å². The standard InChI is InChI=1S/C21H30N3S3/c1-19(2,3)17-10-16(26-23-17)11-20(4,5)15-12-24(25-13-15)14-21(6,7)18-8-9-22-27-18/h8-10,12-13H,11,14H2,1-7H3/q+1. The van der Waals surface area contributed by atoms with Gasteiger partial charge in [-0.25, -0.2) is 4.37 Å². The molecule has 0 aliphatic carbocycles. The highest BCUT2D eigenvalue weighted by Crippen LogP contribution is 2.32. The second-order valence-electron chi connectivity index (χ2n) is 9.63. The van der Waals surface area contributed by atoms with Crippen LogP contribution in [-0.2, 0) is 29.2 Å². The fourth-order valence-electron chi connectivity index (χ4n) is 3.08. The van der Waals surface area contributed by atoms with Gasteiger partial charge in [0.2, 0.25) is 0 Å². The number of hydrogen-bond donors (Lipinski definition) is 0. The first-order valence-corrected chi connectivity index (χ1v) is 11.7. The lowest BCUT2D eigenvalue weighted by Gasteiger charge is -2.21. The van der Waals surface area contributed by atoms with E-state index in [-0.39, 0.29) is 16.2 Å². The van der Waals surface area contributed by atoms with Crippen LogP contribution in [0.15, 0.2) is 29.9 Å². The molecule has 3 aromatic heterocycles. The van der Waals surface area contributed by atoms with E-state index in [0.717, 1.165) is 13.0 Å². The Morgan fingerprint density at radius 3 is 2.33 bits per heavy atom. The van der Waals surface area contributed by atoms with Crippen LogP contribution in [0.1, 0.15) is 69.5 Å². The summed E-state index contributed by atoms with van der Waals surface area (Å²) in [7, 11) is 0.